The average Bonchev–Trinajstić information content (AvgIpc) is 3.48. The van der Waals surface area contributed by atoms with E-state index >= 15 is 0 Å². The van der Waals surface area contributed by atoms with E-state index in [9.17, 15) is 4.79 Å². The number of rotatable bonds is 7. The zero-order valence-corrected chi connectivity index (χ0v) is 17.2. The summed E-state index contributed by atoms with van der Waals surface area (Å²) in [6.45, 7) is 2.32. The van der Waals surface area contributed by atoms with Gasteiger partial charge in [-0.15, -0.1) is 0 Å². The van der Waals surface area contributed by atoms with E-state index in [1.165, 1.54) is 0 Å². The molecule has 2 heterocycles. The third-order valence-electron chi connectivity index (χ3n) is 5.41. The summed E-state index contributed by atoms with van der Waals surface area (Å²) in [5.74, 6) is 1.61. The minimum Gasteiger partial charge on any atom is -0.497 e. The van der Waals surface area contributed by atoms with E-state index in [1.54, 1.807) is 18.4 Å². The van der Waals surface area contributed by atoms with Crippen LogP contribution in [0, 0.1) is 0 Å². The molecule has 2 N–H and O–H groups in total. The van der Waals surface area contributed by atoms with Gasteiger partial charge < -0.3 is 14.5 Å². The van der Waals surface area contributed by atoms with Gasteiger partial charge in [-0.25, -0.2) is 5.01 Å². The van der Waals surface area contributed by atoms with Crippen LogP contribution in [0.2, 0.25) is 0 Å². The Bertz CT molecular complexity index is 998. The Hall–Kier alpha value is -3.38. The molecular formula is C24H26N3O3+. The second-order valence-electron chi connectivity index (χ2n) is 7.39. The number of nitrogens with zero attached hydrogens (tertiary/aromatic N) is 2. The van der Waals surface area contributed by atoms with Gasteiger partial charge in [0.25, 0.3) is 5.91 Å². The number of benzene rings is 2. The molecule has 2 aromatic carbocycles. The molecule has 30 heavy (non-hydrogen) atoms. The van der Waals surface area contributed by atoms with E-state index in [0.29, 0.717) is 13.0 Å². The summed E-state index contributed by atoms with van der Waals surface area (Å²) in [6, 6.07) is 21.6. The standard InChI is InChI=1S/C24H25N3O3/c1-17(23-9-6-14-30-23)25-16-24(28)27-22(19-10-12-20(29-2)13-11-19)15-21(26-27)18-7-4-3-5-8-18/h3-14,17,22,25H,15-16H2,1-2H3/p+1/t17-,22-/m1/s1. The lowest BCUT2D eigenvalue weighted by Gasteiger charge is -2.22. The predicted octanol–water partition coefficient (Wildman–Crippen LogP) is 3.29. The largest absolute Gasteiger partial charge is 0.497 e. The first-order chi connectivity index (χ1) is 14.7. The van der Waals surface area contributed by atoms with Crippen LogP contribution < -0.4 is 10.1 Å². The van der Waals surface area contributed by atoms with Crippen molar-refractivity contribution in [3.05, 3.63) is 89.9 Å². The van der Waals surface area contributed by atoms with Gasteiger partial charge in [-0.05, 0) is 42.3 Å². The summed E-state index contributed by atoms with van der Waals surface area (Å²) in [5, 5.41) is 8.33. The highest BCUT2D eigenvalue weighted by Crippen LogP contribution is 2.33. The fraction of sp³-hybridized carbons (Fsp3) is 0.250. The van der Waals surface area contributed by atoms with Crippen LogP contribution in [0.1, 0.15) is 42.3 Å². The summed E-state index contributed by atoms with van der Waals surface area (Å²) < 4.78 is 10.7. The van der Waals surface area contributed by atoms with E-state index in [4.69, 9.17) is 14.3 Å². The quantitative estimate of drug-likeness (QED) is 0.657. The Morgan fingerprint density at radius 3 is 2.60 bits per heavy atom. The second-order valence-corrected chi connectivity index (χ2v) is 7.39. The molecule has 1 aromatic heterocycles. The minimum atomic E-state index is -0.133. The normalized spacial score (nSPS) is 16.9. The SMILES string of the molecule is COc1ccc([C@H]2CC(c3ccccc3)=NN2C(=O)C[NH2+][C@H](C)c2ccco2)cc1. The Morgan fingerprint density at radius 2 is 1.93 bits per heavy atom. The van der Waals surface area contributed by atoms with Crippen LogP contribution in [-0.2, 0) is 4.79 Å². The fourth-order valence-electron chi connectivity index (χ4n) is 3.67. The van der Waals surface area contributed by atoms with Gasteiger partial charge in [0.1, 0.15) is 11.8 Å². The molecule has 154 valence electrons. The topological polar surface area (TPSA) is 71.7 Å². The van der Waals surface area contributed by atoms with E-state index in [1.807, 2.05) is 79.0 Å². The summed E-state index contributed by atoms with van der Waals surface area (Å²) in [7, 11) is 1.65. The van der Waals surface area contributed by atoms with Crippen LogP contribution >= 0.6 is 0 Å². The van der Waals surface area contributed by atoms with Crippen LogP contribution in [0.25, 0.3) is 0 Å². The summed E-state index contributed by atoms with van der Waals surface area (Å²) in [6.07, 6.45) is 2.33. The van der Waals surface area contributed by atoms with Crippen molar-refractivity contribution < 1.29 is 19.3 Å². The van der Waals surface area contributed by atoms with E-state index in [0.717, 1.165) is 28.3 Å². The molecule has 3 aromatic rings. The van der Waals surface area contributed by atoms with Gasteiger partial charge in [-0.1, -0.05) is 42.5 Å². The molecule has 0 saturated carbocycles. The van der Waals surface area contributed by atoms with Crippen LogP contribution in [0.5, 0.6) is 5.75 Å². The molecule has 1 aliphatic rings. The summed E-state index contributed by atoms with van der Waals surface area (Å²) in [4.78, 5) is 13.1. The Labute approximate surface area is 176 Å². The third kappa shape index (κ3) is 4.28. The van der Waals surface area contributed by atoms with Gasteiger partial charge >= 0.3 is 0 Å². The van der Waals surface area contributed by atoms with E-state index in [-0.39, 0.29) is 18.0 Å². The molecule has 0 saturated heterocycles. The van der Waals surface area contributed by atoms with Crippen molar-refractivity contribution in [2.24, 2.45) is 5.10 Å². The number of hydrogen-bond acceptors (Lipinski definition) is 4. The number of hydrazone groups is 1. The van der Waals surface area contributed by atoms with Crippen molar-refractivity contribution in [2.45, 2.75) is 25.4 Å². The number of quaternary nitrogens is 1. The number of methoxy groups -OCH3 is 1. The molecule has 0 spiro atoms. The number of furan rings is 1. The lowest BCUT2D eigenvalue weighted by molar-refractivity contribution is -0.685. The van der Waals surface area contributed by atoms with Crippen LogP contribution in [0.4, 0.5) is 0 Å². The maximum Gasteiger partial charge on any atom is 0.298 e. The highest BCUT2D eigenvalue weighted by atomic mass is 16.5. The van der Waals surface area contributed by atoms with Gasteiger partial charge in [-0.2, -0.15) is 5.10 Å². The zero-order valence-electron chi connectivity index (χ0n) is 17.2. The lowest BCUT2D eigenvalue weighted by Crippen LogP contribution is -2.86. The van der Waals surface area contributed by atoms with Gasteiger partial charge in [-0.3, -0.25) is 4.79 Å². The molecule has 0 bridgehead atoms. The second kappa shape index (κ2) is 8.97. The Balaban J connectivity index is 1.54. The van der Waals surface area contributed by atoms with Crippen LogP contribution in [0.3, 0.4) is 0 Å². The first-order valence-electron chi connectivity index (χ1n) is 10.1. The van der Waals surface area contributed by atoms with Gasteiger partial charge in [0.2, 0.25) is 0 Å². The van der Waals surface area contributed by atoms with Crippen molar-refractivity contribution >= 4 is 11.6 Å². The molecule has 1 amide bonds. The van der Waals surface area contributed by atoms with Crippen molar-refractivity contribution in [3.8, 4) is 5.75 Å². The number of hydrogen-bond donors (Lipinski definition) is 1. The number of nitrogens with two attached hydrogens (primary N) is 1. The van der Waals surface area contributed by atoms with Gasteiger partial charge in [0.15, 0.2) is 12.3 Å². The molecule has 0 unspecified atom stereocenters. The maximum absolute atomic E-state index is 13.1. The first kappa shape index (κ1) is 19.9. The van der Waals surface area contributed by atoms with Crippen molar-refractivity contribution in [1.29, 1.82) is 0 Å². The van der Waals surface area contributed by atoms with Gasteiger partial charge in [0.05, 0.1) is 25.1 Å². The molecule has 6 nitrogen and oxygen atoms in total. The first-order valence-corrected chi connectivity index (χ1v) is 10.1. The monoisotopic (exact) mass is 404 g/mol. The lowest BCUT2D eigenvalue weighted by atomic mass is 9.98. The van der Waals surface area contributed by atoms with Crippen molar-refractivity contribution in [3.63, 3.8) is 0 Å². The molecule has 0 aliphatic carbocycles. The van der Waals surface area contributed by atoms with Gasteiger partial charge in [0, 0.05) is 6.42 Å². The van der Waals surface area contributed by atoms with Crippen molar-refractivity contribution in [2.75, 3.05) is 13.7 Å². The molecule has 2 atom stereocenters. The molecule has 6 heteroatoms. The van der Waals surface area contributed by atoms with E-state index in [2.05, 4.69) is 0 Å². The van der Waals surface area contributed by atoms with Crippen LogP contribution in [-0.4, -0.2) is 30.3 Å². The zero-order chi connectivity index (χ0) is 20.9. The minimum absolute atomic E-state index is 0.0276. The van der Waals surface area contributed by atoms with Crippen molar-refractivity contribution in [1.82, 2.24) is 5.01 Å². The molecule has 1 aliphatic heterocycles. The summed E-state index contributed by atoms with van der Waals surface area (Å²) in [5.41, 5.74) is 3.00. The Kier molecular flexibility index (Phi) is 5.95. The van der Waals surface area contributed by atoms with E-state index < -0.39 is 0 Å². The fourth-order valence-corrected chi connectivity index (χ4v) is 3.67. The average molecular weight is 404 g/mol. The number of carbonyl (C=O) groups excluding carboxylic acids is 1. The number of ether oxygens (including phenoxy) is 1. The predicted molar refractivity (Wildman–Crippen MR) is 114 cm³/mol. The molecular weight excluding hydrogens is 378 g/mol. The Morgan fingerprint density at radius 1 is 1.17 bits per heavy atom. The van der Waals surface area contributed by atoms with Crippen LogP contribution in [0.15, 0.2) is 82.5 Å². The number of carbonyl (C=O) groups is 1. The maximum atomic E-state index is 13.1. The third-order valence-corrected chi connectivity index (χ3v) is 5.41. The highest BCUT2D eigenvalue weighted by Gasteiger charge is 2.34. The smallest absolute Gasteiger partial charge is 0.298 e. The molecule has 4 rings (SSSR count). The molecule has 0 fully saturated rings. The molecule has 0 radical (unpaired) electrons. The summed E-state index contributed by atoms with van der Waals surface area (Å²) >= 11 is 0. The number of amides is 1. The highest BCUT2D eigenvalue weighted by molar-refractivity contribution is 6.03.